The van der Waals surface area contributed by atoms with Crippen molar-refractivity contribution in [1.29, 1.82) is 5.26 Å². The lowest BCUT2D eigenvalue weighted by atomic mass is 10.2. The summed E-state index contributed by atoms with van der Waals surface area (Å²) in [6.07, 6.45) is 2.67. The molecular formula is C11H14N2O. The molecule has 0 amide bonds. The van der Waals surface area contributed by atoms with E-state index in [0.717, 1.165) is 12.0 Å². The highest BCUT2D eigenvalue weighted by molar-refractivity contribution is 5.40. The van der Waals surface area contributed by atoms with Gasteiger partial charge in [-0.25, -0.2) is 4.98 Å². The van der Waals surface area contributed by atoms with Gasteiger partial charge in [-0.3, -0.25) is 0 Å². The van der Waals surface area contributed by atoms with E-state index in [0.29, 0.717) is 11.4 Å². The first-order valence-electron chi connectivity index (χ1n) is 4.73. The lowest BCUT2D eigenvalue weighted by Gasteiger charge is -2.10. The molecular weight excluding hydrogens is 176 g/mol. The van der Waals surface area contributed by atoms with E-state index in [1.807, 2.05) is 26.8 Å². The van der Waals surface area contributed by atoms with Gasteiger partial charge < -0.3 is 4.74 Å². The smallest absolute Gasteiger partial charge is 0.231 e. The van der Waals surface area contributed by atoms with Crippen LogP contribution in [-0.4, -0.2) is 11.1 Å². The summed E-state index contributed by atoms with van der Waals surface area (Å²) >= 11 is 0. The highest BCUT2D eigenvalue weighted by Gasteiger charge is 2.07. The summed E-state index contributed by atoms with van der Waals surface area (Å²) in [4.78, 5) is 4.12. The monoisotopic (exact) mass is 190 g/mol. The number of aromatic nitrogens is 1. The van der Waals surface area contributed by atoms with E-state index in [9.17, 15) is 0 Å². The Morgan fingerprint density at radius 3 is 2.79 bits per heavy atom. The van der Waals surface area contributed by atoms with E-state index < -0.39 is 0 Å². The van der Waals surface area contributed by atoms with Crippen molar-refractivity contribution >= 4 is 0 Å². The molecule has 0 spiro atoms. The number of nitrogens with zero attached hydrogens (tertiary/aromatic N) is 2. The molecule has 0 aliphatic rings. The molecule has 1 aromatic heterocycles. The maximum Gasteiger partial charge on any atom is 0.231 e. The van der Waals surface area contributed by atoms with Gasteiger partial charge in [0.2, 0.25) is 5.88 Å². The zero-order valence-corrected chi connectivity index (χ0v) is 8.74. The summed E-state index contributed by atoms with van der Waals surface area (Å²) in [5.41, 5.74) is 1.57. The normalized spacial score (nSPS) is 9.93. The number of aryl methyl sites for hydroxylation is 1. The van der Waals surface area contributed by atoms with Crippen LogP contribution in [0.25, 0.3) is 0 Å². The molecule has 3 heteroatoms. The summed E-state index contributed by atoms with van der Waals surface area (Å²) in [6, 6.07) is 3.91. The van der Waals surface area contributed by atoms with Crippen LogP contribution in [0.4, 0.5) is 0 Å². The molecule has 0 saturated carbocycles. The van der Waals surface area contributed by atoms with E-state index in [2.05, 4.69) is 11.1 Å². The number of hydrogen-bond acceptors (Lipinski definition) is 3. The number of hydrogen-bond donors (Lipinski definition) is 0. The zero-order chi connectivity index (χ0) is 10.6. The van der Waals surface area contributed by atoms with Gasteiger partial charge in [-0.2, -0.15) is 5.26 Å². The minimum Gasteiger partial charge on any atom is -0.474 e. The molecule has 0 bridgehead atoms. The van der Waals surface area contributed by atoms with Gasteiger partial charge in [-0.1, -0.05) is 6.92 Å². The SMILES string of the molecule is CCc1cnc(OC(C)C)c(C#N)c1. The van der Waals surface area contributed by atoms with E-state index in [4.69, 9.17) is 10.00 Å². The third-order valence-electron chi connectivity index (χ3n) is 1.78. The maximum absolute atomic E-state index is 8.88. The molecule has 0 aromatic carbocycles. The Bertz CT molecular complexity index is 353. The molecule has 74 valence electrons. The molecule has 3 nitrogen and oxygen atoms in total. The van der Waals surface area contributed by atoms with Crippen molar-refractivity contribution in [3.05, 3.63) is 23.4 Å². The molecule has 0 unspecified atom stereocenters. The van der Waals surface area contributed by atoms with Crippen molar-refractivity contribution < 1.29 is 4.74 Å². The van der Waals surface area contributed by atoms with Crippen LogP contribution in [0.15, 0.2) is 12.3 Å². The highest BCUT2D eigenvalue weighted by atomic mass is 16.5. The Morgan fingerprint density at radius 2 is 2.29 bits per heavy atom. The Balaban J connectivity index is 3.01. The summed E-state index contributed by atoms with van der Waals surface area (Å²) in [6.45, 7) is 5.86. The fraction of sp³-hybridized carbons (Fsp3) is 0.455. The second-order valence-corrected chi connectivity index (χ2v) is 3.33. The van der Waals surface area contributed by atoms with Gasteiger partial charge in [0.15, 0.2) is 0 Å². The second kappa shape index (κ2) is 4.61. The van der Waals surface area contributed by atoms with Gasteiger partial charge in [0, 0.05) is 6.20 Å². The van der Waals surface area contributed by atoms with Crippen molar-refractivity contribution in [1.82, 2.24) is 4.98 Å². The quantitative estimate of drug-likeness (QED) is 0.734. The van der Waals surface area contributed by atoms with E-state index >= 15 is 0 Å². The largest absolute Gasteiger partial charge is 0.474 e. The van der Waals surface area contributed by atoms with Crippen LogP contribution < -0.4 is 4.74 Å². The van der Waals surface area contributed by atoms with Crippen LogP contribution in [0, 0.1) is 11.3 Å². The predicted molar refractivity (Wildman–Crippen MR) is 54.1 cm³/mol. The first-order chi connectivity index (χ1) is 6.67. The van der Waals surface area contributed by atoms with Crippen molar-refractivity contribution in [3.8, 4) is 11.9 Å². The van der Waals surface area contributed by atoms with Crippen molar-refractivity contribution in [2.75, 3.05) is 0 Å². The molecule has 0 N–H and O–H groups in total. The summed E-state index contributed by atoms with van der Waals surface area (Å²) in [5, 5.41) is 8.88. The van der Waals surface area contributed by atoms with Gasteiger partial charge in [-0.05, 0) is 31.9 Å². The average molecular weight is 190 g/mol. The van der Waals surface area contributed by atoms with Gasteiger partial charge in [-0.15, -0.1) is 0 Å². The molecule has 0 aliphatic carbocycles. The van der Waals surface area contributed by atoms with Crippen LogP contribution in [-0.2, 0) is 6.42 Å². The molecule has 1 rings (SSSR count). The topological polar surface area (TPSA) is 45.9 Å². The lowest BCUT2D eigenvalue weighted by Crippen LogP contribution is -2.08. The van der Waals surface area contributed by atoms with E-state index in [1.54, 1.807) is 6.20 Å². The van der Waals surface area contributed by atoms with Crippen molar-refractivity contribution in [2.24, 2.45) is 0 Å². The predicted octanol–water partition coefficient (Wildman–Crippen LogP) is 2.30. The minimum atomic E-state index is 0.0436. The minimum absolute atomic E-state index is 0.0436. The van der Waals surface area contributed by atoms with Crippen molar-refractivity contribution in [3.63, 3.8) is 0 Å². The molecule has 1 heterocycles. The van der Waals surface area contributed by atoms with E-state index in [-0.39, 0.29) is 6.10 Å². The molecule has 14 heavy (non-hydrogen) atoms. The fourth-order valence-electron chi connectivity index (χ4n) is 1.09. The highest BCUT2D eigenvalue weighted by Crippen LogP contribution is 2.17. The Kier molecular flexibility index (Phi) is 3.47. The molecule has 0 fully saturated rings. The third kappa shape index (κ3) is 2.46. The van der Waals surface area contributed by atoms with Gasteiger partial charge in [0.05, 0.1) is 6.10 Å². The molecule has 1 aromatic rings. The van der Waals surface area contributed by atoms with Crippen LogP contribution in [0.3, 0.4) is 0 Å². The van der Waals surface area contributed by atoms with Crippen LogP contribution in [0.5, 0.6) is 5.88 Å². The van der Waals surface area contributed by atoms with Gasteiger partial charge in [0.1, 0.15) is 11.6 Å². The molecule has 0 aliphatic heterocycles. The summed E-state index contributed by atoms with van der Waals surface area (Å²) < 4.78 is 5.40. The number of pyridine rings is 1. The fourth-order valence-corrected chi connectivity index (χ4v) is 1.09. The van der Waals surface area contributed by atoms with E-state index in [1.165, 1.54) is 0 Å². The van der Waals surface area contributed by atoms with Crippen molar-refractivity contribution in [2.45, 2.75) is 33.3 Å². The maximum atomic E-state index is 8.88. The molecule has 0 saturated heterocycles. The van der Waals surface area contributed by atoms with Crippen LogP contribution >= 0.6 is 0 Å². The Labute approximate surface area is 84.3 Å². The third-order valence-corrected chi connectivity index (χ3v) is 1.78. The summed E-state index contributed by atoms with van der Waals surface area (Å²) in [7, 11) is 0. The lowest BCUT2D eigenvalue weighted by molar-refractivity contribution is 0.232. The first-order valence-corrected chi connectivity index (χ1v) is 4.73. The summed E-state index contributed by atoms with van der Waals surface area (Å²) in [5.74, 6) is 0.430. The molecule has 0 radical (unpaired) electrons. The Morgan fingerprint density at radius 1 is 1.57 bits per heavy atom. The van der Waals surface area contributed by atoms with Crippen LogP contribution in [0.1, 0.15) is 31.9 Å². The van der Waals surface area contributed by atoms with Crippen LogP contribution in [0.2, 0.25) is 0 Å². The average Bonchev–Trinajstić information content (AvgIpc) is 2.17. The standard InChI is InChI=1S/C11H14N2O/c1-4-9-5-10(6-12)11(13-7-9)14-8(2)3/h5,7-8H,4H2,1-3H3. The number of nitriles is 1. The van der Waals surface area contributed by atoms with Gasteiger partial charge >= 0.3 is 0 Å². The Hall–Kier alpha value is -1.56. The molecule has 0 atom stereocenters. The number of rotatable bonds is 3. The second-order valence-electron chi connectivity index (χ2n) is 3.33. The van der Waals surface area contributed by atoms with Gasteiger partial charge in [0.25, 0.3) is 0 Å². The zero-order valence-electron chi connectivity index (χ0n) is 8.74. The first kappa shape index (κ1) is 10.5. The number of ether oxygens (including phenoxy) is 1.